The van der Waals surface area contributed by atoms with Crippen LogP contribution in [0.2, 0.25) is 0 Å². The van der Waals surface area contributed by atoms with Gasteiger partial charge in [0.15, 0.2) is 0 Å². The zero-order valence-corrected chi connectivity index (χ0v) is 15.7. The largest absolute Gasteiger partial charge is 0.493 e. The number of aromatic nitrogens is 1. The summed E-state index contributed by atoms with van der Waals surface area (Å²) in [5, 5.41) is 1.11. The van der Waals surface area contributed by atoms with Gasteiger partial charge in [0.2, 0.25) is 0 Å². The second kappa shape index (κ2) is 7.01. The summed E-state index contributed by atoms with van der Waals surface area (Å²) < 4.78 is 5.99. The maximum Gasteiger partial charge on any atom is 0.123 e. The van der Waals surface area contributed by atoms with Gasteiger partial charge < -0.3 is 4.74 Å². The molecule has 0 fully saturated rings. The van der Waals surface area contributed by atoms with Crippen molar-refractivity contribution in [2.45, 2.75) is 39.5 Å². The van der Waals surface area contributed by atoms with Crippen LogP contribution in [0.3, 0.4) is 0 Å². The van der Waals surface area contributed by atoms with Crippen LogP contribution in [0.4, 0.5) is 0 Å². The Kier molecular flexibility index (Phi) is 4.58. The average molecular weight is 349 g/mol. The average Bonchev–Trinajstić information content (AvgIpc) is 3.21. The summed E-state index contributed by atoms with van der Waals surface area (Å²) in [6.07, 6.45) is 4.54. The lowest BCUT2D eigenvalue weighted by atomic mass is 10.1. The highest BCUT2D eigenvalue weighted by atomic mass is 32.1. The van der Waals surface area contributed by atoms with Crippen molar-refractivity contribution < 1.29 is 4.74 Å². The second-order valence-corrected chi connectivity index (χ2v) is 7.98. The first-order valence-corrected chi connectivity index (χ1v) is 9.78. The fraction of sp³-hybridized carbons (Fsp3) is 0.318. The molecule has 1 aliphatic carbocycles. The fourth-order valence-electron chi connectivity index (χ4n) is 3.47. The third kappa shape index (κ3) is 3.62. The standard InChI is InChI=1S/C22H23NOS/c1-15-5-3-8-19(13-15)22-23-21(16(2)25-22)11-12-24-20-10-9-17-6-4-7-18(17)14-20/h3,5,8-10,13-14H,4,6-7,11-12H2,1-2H3. The van der Waals surface area contributed by atoms with E-state index in [0.29, 0.717) is 6.61 Å². The number of thiazole rings is 1. The molecule has 0 bridgehead atoms. The monoisotopic (exact) mass is 349 g/mol. The number of fused-ring (bicyclic) bond motifs is 1. The molecule has 0 aliphatic heterocycles. The molecule has 0 radical (unpaired) electrons. The highest BCUT2D eigenvalue weighted by molar-refractivity contribution is 7.15. The Morgan fingerprint density at radius 2 is 1.92 bits per heavy atom. The van der Waals surface area contributed by atoms with E-state index in [1.165, 1.54) is 46.4 Å². The first kappa shape index (κ1) is 16.3. The van der Waals surface area contributed by atoms with Gasteiger partial charge in [0.05, 0.1) is 12.3 Å². The molecule has 0 atom stereocenters. The molecule has 0 spiro atoms. The summed E-state index contributed by atoms with van der Waals surface area (Å²) in [6.45, 7) is 4.95. The van der Waals surface area contributed by atoms with Gasteiger partial charge in [-0.1, -0.05) is 29.8 Å². The van der Waals surface area contributed by atoms with Crippen molar-refractivity contribution >= 4 is 11.3 Å². The minimum Gasteiger partial charge on any atom is -0.493 e. The first-order chi connectivity index (χ1) is 12.2. The Bertz CT molecular complexity index is 897. The first-order valence-electron chi connectivity index (χ1n) is 8.97. The number of nitrogens with zero attached hydrogens (tertiary/aromatic N) is 1. The second-order valence-electron chi connectivity index (χ2n) is 6.77. The van der Waals surface area contributed by atoms with Crippen molar-refractivity contribution in [3.05, 3.63) is 69.7 Å². The van der Waals surface area contributed by atoms with Crippen molar-refractivity contribution in [3.8, 4) is 16.3 Å². The molecule has 1 aliphatic rings. The van der Waals surface area contributed by atoms with Gasteiger partial charge in [-0.2, -0.15) is 0 Å². The van der Waals surface area contributed by atoms with Crippen LogP contribution in [0.25, 0.3) is 10.6 Å². The molecule has 128 valence electrons. The Morgan fingerprint density at radius 1 is 1.04 bits per heavy atom. The lowest BCUT2D eigenvalue weighted by Crippen LogP contribution is -2.03. The van der Waals surface area contributed by atoms with Crippen molar-refractivity contribution in [2.75, 3.05) is 6.61 Å². The highest BCUT2D eigenvalue weighted by Crippen LogP contribution is 2.29. The quantitative estimate of drug-likeness (QED) is 0.603. The summed E-state index contributed by atoms with van der Waals surface area (Å²) in [7, 11) is 0. The number of rotatable bonds is 5. The van der Waals surface area contributed by atoms with E-state index in [-0.39, 0.29) is 0 Å². The molecule has 2 aromatic carbocycles. The fourth-order valence-corrected chi connectivity index (χ4v) is 4.42. The van der Waals surface area contributed by atoms with Crippen LogP contribution in [0.1, 0.15) is 33.7 Å². The summed E-state index contributed by atoms with van der Waals surface area (Å²) in [6, 6.07) is 15.1. The predicted octanol–water partition coefficient (Wildman–Crippen LogP) is 5.54. The molecule has 2 nitrogen and oxygen atoms in total. The minimum absolute atomic E-state index is 0.677. The number of ether oxygens (including phenoxy) is 1. The molecule has 0 unspecified atom stereocenters. The van der Waals surface area contributed by atoms with Gasteiger partial charge in [-0.15, -0.1) is 11.3 Å². The van der Waals surface area contributed by atoms with Crippen LogP contribution in [0.15, 0.2) is 42.5 Å². The topological polar surface area (TPSA) is 22.1 Å². The van der Waals surface area contributed by atoms with E-state index >= 15 is 0 Å². The van der Waals surface area contributed by atoms with Crippen molar-refractivity contribution in [2.24, 2.45) is 0 Å². The summed E-state index contributed by atoms with van der Waals surface area (Å²) >= 11 is 1.77. The maximum absolute atomic E-state index is 5.99. The van der Waals surface area contributed by atoms with Gasteiger partial charge in [-0.3, -0.25) is 0 Å². The normalized spacial score (nSPS) is 13.0. The Labute approximate surface area is 153 Å². The van der Waals surface area contributed by atoms with Gasteiger partial charge in [0.1, 0.15) is 10.8 Å². The summed E-state index contributed by atoms with van der Waals surface area (Å²) in [5.74, 6) is 0.993. The van der Waals surface area contributed by atoms with Crippen LogP contribution in [-0.2, 0) is 19.3 Å². The van der Waals surface area contributed by atoms with Gasteiger partial charge in [-0.05, 0) is 62.4 Å². The third-order valence-electron chi connectivity index (χ3n) is 4.84. The van der Waals surface area contributed by atoms with Crippen LogP contribution in [-0.4, -0.2) is 11.6 Å². The Morgan fingerprint density at radius 3 is 2.80 bits per heavy atom. The zero-order chi connectivity index (χ0) is 17.2. The molecular weight excluding hydrogens is 326 g/mol. The van der Waals surface area contributed by atoms with Crippen LogP contribution in [0, 0.1) is 13.8 Å². The number of aryl methyl sites for hydroxylation is 4. The molecule has 1 heterocycles. The predicted molar refractivity (Wildman–Crippen MR) is 105 cm³/mol. The SMILES string of the molecule is Cc1cccc(-c2nc(CCOc3ccc4c(c3)CCC4)c(C)s2)c1. The zero-order valence-electron chi connectivity index (χ0n) is 14.8. The number of benzene rings is 2. The molecule has 0 saturated heterocycles. The van der Waals surface area contributed by atoms with Crippen LogP contribution >= 0.6 is 11.3 Å². The van der Waals surface area contributed by atoms with E-state index < -0.39 is 0 Å². The van der Waals surface area contributed by atoms with Gasteiger partial charge in [-0.25, -0.2) is 4.98 Å². The van der Waals surface area contributed by atoms with E-state index in [0.717, 1.165) is 22.9 Å². The molecule has 3 heteroatoms. The highest BCUT2D eigenvalue weighted by Gasteiger charge is 2.12. The minimum atomic E-state index is 0.677. The van der Waals surface area contributed by atoms with E-state index in [1.807, 2.05) is 0 Å². The number of hydrogen-bond donors (Lipinski definition) is 0. The summed E-state index contributed by atoms with van der Waals surface area (Å²) in [5.41, 5.74) is 6.59. The number of hydrogen-bond acceptors (Lipinski definition) is 3. The van der Waals surface area contributed by atoms with Gasteiger partial charge in [0.25, 0.3) is 0 Å². The maximum atomic E-state index is 5.99. The van der Waals surface area contributed by atoms with E-state index in [9.17, 15) is 0 Å². The Balaban J connectivity index is 1.41. The summed E-state index contributed by atoms with van der Waals surface area (Å²) in [4.78, 5) is 6.13. The smallest absolute Gasteiger partial charge is 0.123 e. The molecule has 4 rings (SSSR count). The third-order valence-corrected chi connectivity index (χ3v) is 5.90. The Hall–Kier alpha value is -2.13. The molecule has 1 aromatic heterocycles. The van der Waals surface area contributed by atoms with Gasteiger partial charge >= 0.3 is 0 Å². The lowest BCUT2D eigenvalue weighted by Gasteiger charge is -2.07. The van der Waals surface area contributed by atoms with Crippen molar-refractivity contribution in [1.82, 2.24) is 4.98 Å². The molecular formula is C22H23NOS. The van der Waals surface area contributed by atoms with Crippen molar-refractivity contribution in [1.29, 1.82) is 0 Å². The van der Waals surface area contributed by atoms with Crippen molar-refractivity contribution in [3.63, 3.8) is 0 Å². The van der Waals surface area contributed by atoms with E-state index in [1.54, 1.807) is 11.3 Å². The lowest BCUT2D eigenvalue weighted by molar-refractivity contribution is 0.320. The molecule has 0 saturated carbocycles. The molecule has 3 aromatic rings. The van der Waals surface area contributed by atoms with Gasteiger partial charge in [0, 0.05) is 16.9 Å². The van der Waals surface area contributed by atoms with Crippen LogP contribution in [0.5, 0.6) is 5.75 Å². The van der Waals surface area contributed by atoms with Crippen LogP contribution < -0.4 is 4.74 Å². The molecule has 0 amide bonds. The van der Waals surface area contributed by atoms with E-state index in [2.05, 4.69) is 56.3 Å². The molecule has 25 heavy (non-hydrogen) atoms. The van der Waals surface area contributed by atoms with E-state index in [4.69, 9.17) is 9.72 Å². The molecule has 0 N–H and O–H groups in total.